The Morgan fingerprint density at radius 1 is 1.03 bits per heavy atom. The minimum atomic E-state index is -3.23. The van der Waals surface area contributed by atoms with Crippen molar-refractivity contribution in [3.05, 3.63) is 66.0 Å². The van der Waals surface area contributed by atoms with E-state index in [0.29, 0.717) is 30.1 Å². The molecule has 0 spiro atoms. The molecular formula is C26H29N3O4S. The van der Waals surface area contributed by atoms with Crippen molar-refractivity contribution >= 4 is 15.8 Å². The number of aliphatic hydroxyl groups is 1. The highest BCUT2D eigenvalue weighted by Crippen LogP contribution is 2.52. The Balaban J connectivity index is 1.19. The van der Waals surface area contributed by atoms with Crippen LogP contribution in [0.5, 0.6) is 5.75 Å². The number of ether oxygens (including phenoxy) is 1. The van der Waals surface area contributed by atoms with E-state index < -0.39 is 9.84 Å². The lowest BCUT2D eigenvalue weighted by Crippen LogP contribution is -2.27. The van der Waals surface area contributed by atoms with Gasteiger partial charge in [-0.05, 0) is 59.2 Å². The van der Waals surface area contributed by atoms with Gasteiger partial charge < -0.3 is 14.7 Å². The number of benzene rings is 2. The fourth-order valence-corrected chi connectivity index (χ4v) is 5.49. The van der Waals surface area contributed by atoms with E-state index in [9.17, 15) is 13.5 Å². The van der Waals surface area contributed by atoms with E-state index in [0.717, 1.165) is 47.7 Å². The van der Waals surface area contributed by atoms with Gasteiger partial charge >= 0.3 is 0 Å². The van der Waals surface area contributed by atoms with Gasteiger partial charge in [0.15, 0.2) is 9.84 Å². The highest BCUT2D eigenvalue weighted by atomic mass is 32.2. The molecule has 0 radical (unpaired) electrons. The van der Waals surface area contributed by atoms with Gasteiger partial charge in [0, 0.05) is 43.2 Å². The van der Waals surface area contributed by atoms with Crippen LogP contribution in [-0.2, 0) is 22.9 Å². The minimum Gasteiger partial charge on any atom is -0.493 e. The smallest absolute Gasteiger partial charge is 0.225 e. The summed E-state index contributed by atoms with van der Waals surface area (Å²) in [4.78, 5) is 11.6. The van der Waals surface area contributed by atoms with Crippen LogP contribution in [0.4, 0.5) is 5.95 Å². The number of aryl methyl sites for hydroxylation is 1. The van der Waals surface area contributed by atoms with Gasteiger partial charge in [-0.15, -0.1) is 0 Å². The van der Waals surface area contributed by atoms with Crippen molar-refractivity contribution in [1.82, 2.24) is 9.97 Å². The molecule has 7 nitrogen and oxygen atoms in total. The summed E-state index contributed by atoms with van der Waals surface area (Å²) in [7, 11) is -3.23. The van der Waals surface area contributed by atoms with Crippen molar-refractivity contribution in [2.24, 2.45) is 17.8 Å². The Morgan fingerprint density at radius 3 is 2.26 bits per heavy atom. The van der Waals surface area contributed by atoms with E-state index in [1.54, 1.807) is 24.3 Å². The van der Waals surface area contributed by atoms with Crippen molar-refractivity contribution < 1.29 is 18.3 Å². The van der Waals surface area contributed by atoms with E-state index in [2.05, 4.69) is 21.8 Å². The standard InChI is InChI=1S/C26H29N3O4S/c1-3-17-11-27-26(28-12-17)29-13-22-23(14-29)24(22)16-33-25-9-6-19(10-20(25)15-30)18-4-7-21(8-5-18)34(2,31)32/h4-12,22-24,30H,3,13-16H2,1-2H3/t22-,23?,24+/m1/s1. The summed E-state index contributed by atoms with van der Waals surface area (Å²) in [5.74, 6) is 3.21. The molecule has 3 atom stereocenters. The normalized spacial score (nSPS) is 21.4. The summed E-state index contributed by atoms with van der Waals surface area (Å²) in [6, 6.07) is 12.5. The molecule has 3 aromatic rings. The van der Waals surface area contributed by atoms with Gasteiger partial charge in [-0.2, -0.15) is 0 Å². The van der Waals surface area contributed by atoms with Gasteiger partial charge in [-0.3, -0.25) is 0 Å². The number of rotatable bonds is 8. The van der Waals surface area contributed by atoms with Crippen molar-refractivity contribution in [3.8, 4) is 16.9 Å². The van der Waals surface area contributed by atoms with Gasteiger partial charge in [0.2, 0.25) is 5.95 Å². The Morgan fingerprint density at radius 2 is 1.68 bits per heavy atom. The number of hydrogen-bond donors (Lipinski definition) is 1. The summed E-state index contributed by atoms with van der Waals surface area (Å²) in [6.07, 6.45) is 5.96. The summed E-state index contributed by atoms with van der Waals surface area (Å²) < 4.78 is 29.5. The second kappa shape index (κ2) is 9.00. The minimum absolute atomic E-state index is 0.124. The molecule has 8 heteroatoms. The molecule has 1 saturated carbocycles. The highest BCUT2D eigenvalue weighted by Gasteiger charge is 2.56. The molecule has 1 N–H and O–H groups in total. The molecular weight excluding hydrogens is 450 g/mol. The lowest BCUT2D eigenvalue weighted by Gasteiger charge is -2.20. The Kier molecular flexibility index (Phi) is 6.04. The monoisotopic (exact) mass is 479 g/mol. The number of fused-ring (bicyclic) bond motifs is 1. The number of piperidine rings is 1. The first-order valence-electron chi connectivity index (χ1n) is 11.6. The van der Waals surface area contributed by atoms with Gasteiger partial charge in [0.1, 0.15) is 5.75 Å². The molecule has 2 fully saturated rings. The van der Waals surface area contributed by atoms with E-state index in [1.165, 1.54) is 6.26 Å². The molecule has 34 heavy (non-hydrogen) atoms. The van der Waals surface area contributed by atoms with Crippen LogP contribution in [0.3, 0.4) is 0 Å². The van der Waals surface area contributed by atoms with Crippen molar-refractivity contribution in [3.63, 3.8) is 0 Å². The average Bonchev–Trinajstić information content (AvgIpc) is 3.30. The van der Waals surface area contributed by atoms with Crippen LogP contribution < -0.4 is 9.64 Å². The van der Waals surface area contributed by atoms with E-state index in [-0.39, 0.29) is 11.5 Å². The fraction of sp³-hybridized carbons (Fsp3) is 0.385. The molecule has 2 aromatic carbocycles. The van der Waals surface area contributed by atoms with Crippen LogP contribution in [0, 0.1) is 17.8 Å². The number of aromatic nitrogens is 2. The van der Waals surface area contributed by atoms with E-state index in [4.69, 9.17) is 4.74 Å². The molecule has 1 unspecified atom stereocenters. The van der Waals surface area contributed by atoms with Crippen LogP contribution in [0.1, 0.15) is 18.1 Å². The van der Waals surface area contributed by atoms with Crippen LogP contribution in [-0.4, -0.2) is 49.4 Å². The fourth-order valence-electron chi connectivity index (χ4n) is 4.86. The van der Waals surface area contributed by atoms with E-state index in [1.807, 2.05) is 30.6 Å². The lowest BCUT2D eigenvalue weighted by molar-refractivity contribution is 0.252. The molecule has 178 valence electrons. The molecule has 0 amide bonds. The van der Waals surface area contributed by atoms with Gasteiger partial charge in [0.25, 0.3) is 0 Å². The topological polar surface area (TPSA) is 92.6 Å². The van der Waals surface area contributed by atoms with Crippen LogP contribution in [0.25, 0.3) is 11.1 Å². The molecule has 1 saturated heterocycles. The SMILES string of the molecule is CCc1cnc(N2CC3[C@@H](COc4ccc(-c5ccc(S(C)(=O)=O)cc5)cc4CO)[C@@H]3C2)nc1. The number of nitrogens with zero attached hydrogens (tertiary/aromatic N) is 3. The largest absolute Gasteiger partial charge is 0.493 e. The highest BCUT2D eigenvalue weighted by molar-refractivity contribution is 7.90. The van der Waals surface area contributed by atoms with Gasteiger partial charge in [-0.1, -0.05) is 25.1 Å². The first-order valence-corrected chi connectivity index (χ1v) is 13.5. The van der Waals surface area contributed by atoms with Gasteiger partial charge in [-0.25, -0.2) is 18.4 Å². The summed E-state index contributed by atoms with van der Waals surface area (Å²) in [6.45, 7) is 4.52. The Hall–Kier alpha value is -2.97. The summed E-state index contributed by atoms with van der Waals surface area (Å²) in [5, 5.41) is 9.90. The predicted octanol–water partition coefficient (Wildman–Crippen LogP) is 3.36. The second-order valence-corrected chi connectivity index (χ2v) is 11.2. The molecule has 1 aliphatic heterocycles. The number of aliphatic hydroxyl groups excluding tert-OH is 1. The molecule has 2 aliphatic rings. The number of hydrogen-bond acceptors (Lipinski definition) is 7. The molecule has 5 rings (SSSR count). The van der Waals surface area contributed by atoms with Crippen LogP contribution in [0.15, 0.2) is 59.8 Å². The second-order valence-electron chi connectivity index (χ2n) is 9.23. The third-order valence-corrected chi connectivity index (χ3v) is 8.16. The van der Waals surface area contributed by atoms with Crippen molar-refractivity contribution in [1.29, 1.82) is 0 Å². The molecule has 1 aliphatic carbocycles. The third-order valence-electron chi connectivity index (χ3n) is 7.03. The van der Waals surface area contributed by atoms with Gasteiger partial charge in [0.05, 0.1) is 18.1 Å². The maximum atomic E-state index is 11.7. The van der Waals surface area contributed by atoms with E-state index >= 15 is 0 Å². The first kappa shape index (κ1) is 22.8. The van der Waals surface area contributed by atoms with Crippen molar-refractivity contribution in [2.75, 3.05) is 30.9 Å². The van der Waals surface area contributed by atoms with Crippen LogP contribution >= 0.6 is 0 Å². The first-order chi connectivity index (χ1) is 16.4. The Labute approximate surface area is 200 Å². The Bertz CT molecular complexity index is 1260. The van der Waals surface area contributed by atoms with Crippen molar-refractivity contribution in [2.45, 2.75) is 24.8 Å². The maximum absolute atomic E-state index is 11.7. The lowest BCUT2D eigenvalue weighted by atomic mass is 10.0. The summed E-state index contributed by atoms with van der Waals surface area (Å²) in [5.41, 5.74) is 3.67. The summed E-state index contributed by atoms with van der Waals surface area (Å²) >= 11 is 0. The zero-order valence-corrected chi connectivity index (χ0v) is 20.2. The predicted molar refractivity (Wildman–Crippen MR) is 130 cm³/mol. The molecule has 1 aromatic heterocycles. The number of sulfone groups is 1. The quantitative estimate of drug-likeness (QED) is 0.530. The van der Waals surface area contributed by atoms with Crippen LogP contribution in [0.2, 0.25) is 0 Å². The average molecular weight is 480 g/mol. The zero-order chi connectivity index (χ0) is 23.9. The molecule has 2 heterocycles. The zero-order valence-electron chi connectivity index (χ0n) is 19.4. The third kappa shape index (κ3) is 4.52. The number of anilines is 1. The molecule has 0 bridgehead atoms. The maximum Gasteiger partial charge on any atom is 0.225 e.